The molecule has 0 amide bonds. The second kappa shape index (κ2) is 5.34. The Morgan fingerprint density at radius 1 is 1.10 bits per heavy atom. The summed E-state index contributed by atoms with van der Waals surface area (Å²) < 4.78 is 14.6. The average Bonchev–Trinajstić information content (AvgIpc) is 2.43. The van der Waals surface area contributed by atoms with Gasteiger partial charge in [0.2, 0.25) is 0 Å². The monoisotopic (exact) mass is 351 g/mol. The molecular weight excluding hydrogens is 345 g/mol. The molecule has 1 aromatic carbocycles. The molecule has 3 nitrogen and oxygen atoms in total. The van der Waals surface area contributed by atoms with E-state index in [1.54, 1.807) is 18.5 Å². The van der Waals surface area contributed by atoms with Gasteiger partial charge in [-0.05, 0) is 46.3 Å². The van der Waals surface area contributed by atoms with Crippen molar-refractivity contribution in [1.29, 1.82) is 0 Å². The molecule has 2 aromatic heterocycles. The Balaban J connectivity index is 2.09. The van der Waals surface area contributed by atoms with E-state index >= 15 is 0 Å². The molecule has 100 valence electrons. The summed E-state index contributed by atoms with van der Waals surface area (Å²) in [5.41, 5.74) is 2.35. The number of nitrogens with zero attached hydrogens (tertiary/aromatic N) is 2. The van der Waals surface area contributed by atoms with E-state index in [2.05, 4.69) is 31.2 Å². The predicted octanol–water partition coefficient (Wildman–Crippen LogP) is 4.93. The molecule has 0 bridgehead atoms. The second-order valence-electron chi connectivity index (χ2n) is 4.13. The quantitative estimate of drug-likeness (QED) is 0.711. The number of rotatable bonds is 2. The summed E-state index contributed by atoms with van der Waals surface area (Å²) >= 11 is 9.23. The average molecular weight is 353 g/mol. The van der Waals surface area contributed by atoms with E-state index < -0.39 is 0 Å². The summed E-state index contributed by atoms with van der Waals surface area (Å²) in [4.78, 5) is 8.53. The zero-order valence-electron chi connectivity index (χ0n) is 10.1. The van der Waals surface area contributed by atoms with E-state index in [9.17, 15) is 4.39 Å². The van der Waals surface area contributed by atoms with Gasteiger partial charge in [0.1, 0.15) is 11.3 Å². The van der Waals surface area contributed by atoms with E-state index in [0.717, 1.165) is 4.47 Å². The molecule has 6 heteroatoms. The Morgan fingerprint density at radius 2 is 1.95 bits per heavy atom. The molecule has 0 aliphatic rings. The van der Waals surface area contributed by atoms with Gasteiger partial charge in [0, 0.05) is 21.9 Å². The maximum absolute atomic E-state index is 13.8. The van der Waals surface area contributed by atoms with Crippen molar-refractivity contribution >= 4 is 49.9 Å². The van der Waals surface area contributed by atoms with Crippen molar-refractivity contribution < 1.29 is 4.39 Å². The number of hydrogen-bond donors (Lipinski definition) is 1. The Bertz CT molecular complexity index is 794. The zero-order valence-corrected chi connectivity index (χ0v) is 12.4. The maximum Gasteiger partial charge on any atom is 0.146 e. The highest BCUT2D eigenvalue weighted by Crippen LogP contribution is 2.27. The van der Waals surface area contributed by atoms with Crippen LogP contribution in [-0.2, 0) is 0 Å². The first kappa shape index (κ1) is 13.3. The number of halogens is 3. The van der Waals surface area contributed by atoms with E-state index in [4.69, 9.17) is 11.6 Å². The fourth-order valence-electron chi connectivity index (χ4n) is 1.84. The van der Waals surface area contributed by atoms with Crippen molar-refractivity contribution in [2.24, 2.45) is 0 Å². The highest BCUT2D eigenvalue weighted by Gasteiger charge is 2.08. The van der Waals surface area contributed by atoms with Crippen LogP contribution in [0.25, 0.3) is 11.0 Å². The molecule has 0 spiro atoms. The first-order chi connectivity index (χ1) is 9.63. The smallest absolute Gasteiger partial charge is 0.146 e. The fourth-order valence-corrected chi connectivity index (χ4v) is 2.34. The normalized spacial score (nSPS) is 10.8. The van der Waals surface area contributed by atoms with Crippen molar-refractivity contribution in [3.05, 3.63) is 58.0 Å². The van der Waals surface area contributed by atoms with E-state index in [-0.39, 0.29) is 5.82 Å². The number of pyridine rings is 2. The van der Waals surface area contributed by atoms with Crippen molar-refractivity contribution in [2.45, 2.75) is 0 Å². The van der Waals surface area contributed by atoms with Gasteiger partial charge >= 0.3 is 0 Å². The third-order valence-electron chi connectivity index (χ3n) is 2.74. The van der Waals surface area contributed by atoms with Gasteiger partial charge in [-0.15, -0.1) is 0 Å². The van der Waals surface area contributed by atoms with Gasteiger partial charge in [-0.25, -0.2) is 4.39 Å². The highest BCUT2D eigenvalue weighted by molar-refractivity contribution is 9.10. The van der Waals surface area contributed by atoms with Gasteiger partial charge in [0.15, 0.2) is 0 Å². The van der Waals surface area contributed by atoms with Crippen LogP contribution in [0.3, 0.4) is 0 Å². The molecule has 3 rings (SSSR count). The Morgan fingerprint density at radius 3 is 2.80 bits per heavy atom. The Labute approximate surface area is 127 Å². The molecule has 0 saturated heterocycles. The lowest BCUT2D eigenvalue weighted by Gasteiger charge is -2.10. The fraction of sp³-hybridized carbons (Fsp3) is 0. The van der Waals surface area contributed by atoms with E-state index in [0.29, 0.717) is 27.4 Å². The number of benzene rings is 1. The highest BCUT2D eigenvalue weighted by atomic mass is 79.9. The van der Waals surface area contributed by atoms with Gasteiger partial charge in [0.05, 0.1) is 16.9 Å². The number of aromatic nitrogens is 2. The minimum Gasteiger partial charge on any atom is -0.351 e. The number of nitrogens with one attached hydrogen (secondary N) is 1. The van der Waals surface area contributed by atoms with Crippen LogP contribution >= 0.6 is 27.5 Å². The lowest BCUT2D eigenvalue weighted by Crippen LogP contribution is -1.96. The van der Waals surface area contributed by atoms with Crippen LogP contribution in [0.2, 0.25) is 5.02 Å². The summed E-state index contributed by atoms with van der Waals surface area (Å²) in [6.07, 6.45) is 3.31. The molecule has 0 aliphatic carbocycles. The van der Waals surface area contributed by atoms with Gasteiger partial charge < -0.3 is 5.32 Å². The summed E-state index contributed by atoms with van der Waals surface area (Å²) in [5, 5.41) is 3.46. The van der Waals surface area contributed by atoms with Crippen LogP contribution in [0.4, 0.5) is 15.8 Å². The molecule has 0 radical (unpaired) electrons. The van der Waals surface area contributed by atoms with Crippen LogP contribution in [0, 0.1) is 5.82 Å². The largest absolute Gasteiger partial charge is 0.351 e. The maximum atomic E-state index is 13.8. The predicted molar refractivity (Wildman–Crippen MR) is 81.9 cm³/mol. The van der Waals surface area contributed by atoms with Crippen LogP contribution < -0.4 is 5.32 Å². The standard InChI is InChI=1S/C14H8BrClFN3/c15-8-5-13-14(19-7-8)11(3-4-18-13)20-12-6-9(16)1-2-10(12)17/h1-7H,(H,18,20). The van der Waals surface area contributed by atoms with E-state index in [1.807, 2.05) is 6.07 Å². The minimum absolute atomic E-state index is 0.301. The molecule has 20 heavy (non-hydrogen) atoms. The third-order valence-corrected chi connectivity index (χ3v) is 3.41. The third kappa shape index (κ3) is 2.59. The molecule has 0 atom stereocenters. The Hall–Kier alpha value is -1.72. The van der Waals surface area contributed by atoms with Gasteiger partial charge in [0.25, 0.3) is 0 Å². The number of anilines is 2. The van der Waals surface area contributed by atoms with Crippen LogP contribution in [-0.4, -0.2) is 9.97 Å². The van der Waals surface area contributed by atoms with Gasteiger partial charge in [-0.1, -0.05) is 11.6 Å². The molecule has 3 aromatic rings. The molecule has 2 heterocycles. The molecule has 1 N–H and O–H groups in total. The lowest BCUT2D eigenvalue weighted by atomic mass is 10.2. The lowest BCUT2D eigenvalue weighted by molar-refractivity contribution is 0.632. The van der Waals surface area contributed by atoms with Gasteiger partial charge in [-0.2, -0.15) is 0 Å². The van der Waals surface area contributed by atoms with Crippen LogP contribution in [0.5, 0.6) is 0 Å². The molecule has 0 fully saturated rings. The summed E-state index contributed by atoms with van der Waals surface area (Å²) in [6, 6.07) is 7.94. The van der Waals surface area contributed by atoms with Crippen LogP contribution in [0.15, 0.2) is 47.2 Å². The molecule has 0 unspecified atom stereocenters. The van der Waals surface area contributed by atoms with Crippen molar-refractivity contribution in [3.63, 3.8) is 0 Å². The van der Waals surface area contributed by atoms with Gasteiger partial charge in [-0.3, -0.25) is 9.97 Å². The first-order valence-corrected chi connectivity index (χ1v) is 6.93. The number of fused-ring (bicyclic) bond motifs is 1. The Kier molecular flexibility index (Phi) is 3.54. The summed E-state index contributed by atoms with van der Waals surface area (Å²) in [5.74, 6) is -0.378. The molecular formula is C14H8BrClFN3. The van der Waals surface area contributed by atoms with Crippen molar-refractivity contribution in [3.8, 4) is 0 Å². The number of hydrogen-bond acceptors (Lipinski definition) is 3. The molecule has 0 saturated carbocycles. The van der Waals surface area contributed by atoms with Crippen molar-refractivity contribution in [1.82, 2.24) is 9.97 Å². The summed E-state index contributed by atoms with van der Waals surface area (Å²) in [7, 11) is 0. The molecule has 0 aliphatic heterocycles. The van der Waals surface area contributed by atoms with Crippen molar-refractivity contribution in [2.75, 3.05) is 5.32 Å². The van der Waals surface area contributed by atoms with E-state index in [1.165, 1.54) is 18.2 Å². The second-order valence-corrected chi connectivity index (χ2v) is 5.48. The zero-order chi connectivity index (χ0) is 14.1. The SMILES string of the molecule is Fc1ccc(Cl)cc1Nc1ccnc2cc(Br)cnc12. The minimum atomic E-state index is -0.378. The topological polar surface area (TPSA) is 37.8 Å². The van der Waals surface area contributed by atoms with Crippen LogP contribution in [0.1, 0.15) is 0 Å². The first-order valence-electron chi connectivity index (χ1n) is 5.76. The summed E-state index contributed by atoms with van der Waals surface area (Å²) in [6.45, 7) is 0.